The van der Waals surface area contributed by atoms with Crippen LogP contribution in [0.2, 0.25) is 0 Å². The fraction of sp³-hybridized carbons (Fsp3) is 0.214. The Hall–Kier alpha value is -2.28. The molecule has 1 aliphatic heterocycles. The van der Waals surface area contributed by atoms with Crippen molar-refractivity contribution < 1.29 is 9.47 Å². The second-order valence-electron chi connectivity index (χ2n) is 4.77. The highest BCUT2D eigenvalue weighted by molar-refractivity contribution is 7.99. The number of aromatic nitrogens is 4. The van der Waals surface area contributed by atoms with Crippen LogP contribution in [-0.2, 0) is 0 Å². The number of benzene rings is 1. The molecule has 1 N–H and O–H groups in total. The van der Waals surface area contributed by atoms with Crippen LogP contribution in [0.1, 0.15) is 11.3 Å². The van der Waals surface area contributed by atoms with E-state index in [4.69, 9.17) is 9.47 Å². The second-order valence-corrected chi connectivity index (χ2v) is 5.80. The van der Waals surface area contributed by atoms with Gasteiger partial charge in [0.15, 0.2) is 22.3 Å². The molecule has 21 heavy (non-hydrogen) atoms. The summed E-state index contributed by atoms with van der Waals surface area (Å²) in [4.78, 5) is 17.2. The van der Waals surface area contributed by atoms with E-state index in [9.17, 15) is 0 Å². The second kappa shape index (κ2) is 4.63. The molecule has 0 aliphatic carbocycles. The van der Waals surface area contributed by atoms with Crippen molar-refractivity contribution in [3.8, 4) is 11.5 Å². The van der Waals surface area contributed by atoms with Crippen molar-refractivity contribution in [3.05, 3.63) is 29.7 Å². The Kier molecular flexibility index (Phi) is 2.75. The topological polar surface area (TPSA) is 72.9 Å². The third-order valence-electron chi connectivity index (χ3n) is 3.33. The molecule has 0 atom stereocenters. The number of hydrogen-bond acceptors (Lipinski definition) is 6. The molecular weight excluding hydrogens is 288 g/mol. The minimum atomic E-state index is 0.280. The van der Waals surface area contributed by atoms with Gasteiger partial charge in [-0.15, -0.1) is 0 Å². The van der Waals surface area contributed by atoms with Crippen LogP contribution in [0.25, 0.3) is 11.2 Å². The third kappa shape index (κ3) is 2.09. The van der Waals surface area contributed by atoms with Gasteiger partial charge in [-0.2, -0.15) is 0 Å². The maximum atomic E-state index is 5.42. The van der Waals surface area contributed by atoms with Crippen LogP contribution in [0.15, 0.2) is 28.5 Å². The molecule has 0 spiro atoms. The number of aryl methyl sites for hydroxylation is 2. The summed E-state index contributed by atoms with van der Waals surface area (Å²) in [5.74, 6) is 1.57. The Bertz CT molecular complexity index is 846. The van der Waals surface area contributed by atoms with Crippen LogP contribution in [-0.4, -0.2) is 26.7 Å². The summed E-state index contributed by atoms with van der Waals surface area (Å²) in [5, 5.41) is 0.788. The summed E-state index contributed by atoms with van der Waals surface area (Å²) in [6.07, 6.45) is 1.53. The molecule has 0 fully saturated rings. The molecule has 1 aromatic carbocycles. The molecule has 0 saturated heterocycles. The van der Waals surface area contributed by atoms with Gasteiger partial charge in [0.2, 0.25) is 6.79 Å². The van der Waals surface area contributed by atoms with Gasteiger partial charge in [-0.25, -0.2) is 15.0 Å². The van der Waals surface area contributed by atoms with Gasteiger partial charge in [0.25, 0.3) is 0 Å². The summed E-state index contributed by atoms with van der Waals surface area (Å²) < 4.78 is 10.8. The van der Waals surface area contributed by atoms with Crippen LogP contribution in [0.3, 0.4) is 0 Å². The number of aromatic amines is 1. The normalized spacial score (nSPS) is 13.0. The van der Waals surface area contributed by atoms with Crippen molar-refractivity contribution in [2.24, 2.45) is 0 Å². The van der Waals surface area contributed by atoms with Crippen molar-refractivity contribution in [2.75, 3.05) is 6.79 Å². The lowest BCUT2D eigenvalue weighted by atomic mass is 10.2. The zero-order chi connectivity index (χ0) is 14.4. The van der Waals surface area contributed by atoms with Crippen molar-refractivity contribution in [1.29, 1.82) is 0 Å². The van der Waals surface area contributed by atoms with E-state index in [2.05, 4.69) is 19.9 Å². The summed E-state index contributed by atoms with van der Waals surface area (Å²) in [6.45, 7) is 4.25. The quantitative estimate of drug-likeness (QED) is 0.784. The zero-order valence-corrected chi connectivity index (χ0v) is 12.3. The van der Waals surface area contributed by atoms with Gasteiger partial charge in [0.05, 0.1) is 5.69 Å². The predicted molar refractivity (Wildman–Crippen MR) is 77.8 cm³/mol. The fourth-order valence-corrected chi connectivity index (χ4v) is 3.09. The van der Waals surface area contributed by atoms with E-state index in [1.54, 1.807) is 11.8 Å². The Morgan fingerprint density at radius 3 is 2.76 bits per heavy atom. The Balaban J connectivity index is 1.73. The highest BCUT2D eigenvalue weighted by atomic mass is 32.2. The number of nitrogens with one attached hydrogen (secondary N) is 1. The van der Waals surface area contributed by atoms with Gasteiger partial charge in [-0.3, -0.25) is 0 Å². The first-order valence-electron chi connectivity index (χ1n) is 6.46. The van der Waals surface area contributed by atoms with Crippen molar-refractivity contribution in [2.45, 2.75) is 23.9 Å². The lowest BCUT2D eigenvalue weighted by Gasteiger charge is -2.05. The van der Waals surface area contributed by atoms with Crippen molar-refractivity contribution in [3.63, 3.8) is 0 Å². The van der Waals surface area contributed by atoms with Crippen LogP contribution >= 0.6 is 11.8 Å². The van der Waals surface area contributed by atoms with Crippen LogP contribution in [0.5, 0.6) is 11.5 Å². The fourth-order valence-electron chi connectivity index (χ4n) is 2.21. The molecule has 0 bridgehead atoms. The number of imidazole rings is 1. The van der Waals surface area contributed by atoms with E-state index in [0.29, 0.717) is 5.65 Å². The summed E-state index contributed by atoms with van der Waals surface area (Å²) in [7, 11) is 0. The first kappa shape index (κ1) is 12.5. The molecular formula is C14H12N4O2S. The lowest BCUT2D eigenvalue weighted by Crippen LogP contribution is -1.92. The maximum Gasteiger partial charge on any atom is 0.231 e. The SMILES string of the molecule is Cc1cc2c(cc1Sc1nc3ncnc(C)c3[nH]1)OCO2. The summed E-state index contributed by atoms with van der Waals surface area (Å²) in [6, 6.07) is 3.96. The zero-order valence-electron chi connectivity index (χ0n) is 11.5. The maximum absolute atomic E-state index is 5.42. The molecule has 4 rings (SSSR count). The largest absolute Gasteiger partial charge is 0.454 e. The highest BCUT2D eigenvalue weighted by Gasteiger charge is 2.17. The Morgan fingerprint density at radius 2 is 1.95 bits per heavy atom. The lowest BCUT2D eigenvalue weighted by molar-refractivity contribution is 0.174. The Labute approximate surface area is 124 Å². The molecule has 0 amide bonds. The molecule has 0 saturated carbocycles. The van der Waals surface area contributed by atoms with E-state index < -0.39 is 0 Å². The summed E-state index contributed by atoms with van der Waals surface area (Å²) in [5.41, 5.74) is 3.57. The van der Waals surface area contributed by atoms with Crippen molar-refractivity contribution in [1.82, 2.24) is 19.9 Å². The molecule has 3 heterocycles. The van der Waals surface area contributed by atoms with E-state index in [0.717, 1.165) is 38.3 Å². The van der Waals surface area contributed by atoms with Gasteiger partial charge >= 0.3 is 0 Å². The third-order valence-corrected chi connectivity index (χ3v) is 4.38. The number of fused-ring (bicyclic) bond motifs is 2. The van der Waals surface area contributed by atoms with E-state index in [-0.39, 0.29) is 6.79 Å². The monoisotopic (exact) mass is 300 g/mol. The Morgan fingerprint density at radius 1 is 1.14 bits per heavy atom. The van der Waals surface area contributed by atoms with Crippen molar-refractivity contribution >= 4 is 22.9 Å². The average Bonchev–Trinajstić information content (AvgIpc) is 3.06. The predicted octanol–water partition coefficient (Wildman–Crippen LogP) is 2.85. The van der Waals surface area contributed by atoms with Crippen LogP contribution < -0.4 is 9.47 Å². The number of hydrogen-bond donors (Lipinski definition) is 1. The van der Waals surface area contributed by atoms with Gasteiger partial charge in [0.1, 0.15) is 11.8 Å². The number of rotatable bonds is 2. The summed E-state index contributed by atoms with van der Waals surface area (Å²) >= 11 is 1.54. The van der Waals surface area contributed by atoms with E-state index in [1.165, 1.54) is 6.33 Å². The minimum Gasteiger partial charge on any atom is -0.454 e. The number of H-pyrrole nitrogens is 1. The van der Waals surface area contributed by atoms with Crippen LogP contribution in [0.4, 0.5) is 0 Å². The minimum absolute atomic E-state index is 0.280. The van der Waals surface area contributed by atoms with E-state index in [1.807, 2.05) is 26.0 Å². The highest BCUT2D eigenvalue weighted by Crippen LogP contribution is 2.39. The molecule has 6 nitrogen and oxygen atoms in total. The smallest absolute Gasteiger partial charge is 0.231 e. The van der Waals surface area contributed by atoms with Gasteiger partial charge in [-0.05, 0) is 31.5 Å². The van der Waals surface area contributed by atoms with Gasteiger partial charge in [-0.1, -0.05) is 11.8 Å². The first-order valence-corrected chi connectivity index (χ1v) is 7.28. The molecule has 3 aromatic rings. The molecule has 7 heteroatoms. The standard InChI is InChI=1S/C14H12N4O2S/c1-7-3-9-10(20-6-19-9)4-11(7)21-14-17-12-8(2)15-5-16-13(12)18-14/h3-5H,6H2,1-2H3,(H,15,16,17,18). The average molecular weight is 300 g/mol. The van der Waals surface area contributed by atoms with Gasteiger partial charge in [0, 0.05) is 4.90 Å². The van der Waals surface area contributed by atoms with Gasteiger partial charge < -0.3 is 14.5 Å². The van der Waals surface area contributed by atoms with E-state index >= 15 is 0 Å². The molecule has 106 valence electrons. The molecule has 0 unspecified atom stereocenters. The number of nitrogens with zero attached hydrogens (tertiary/aromatic N) is 3. The molecule has 0 radical (unpaired) electrons. The first-order chi connectivity index (χ1) is 10.2. The van der Waals surface area contributed by atoms with Crippen LogP contribution in [0, 0.1) is 13.8 Å². The number of ether oxygens (including phenoxy) is 2. The molecule has 2 aromatic heterocycles. The molecule has 1 aliphatic rings.